The van der Waals surface area contributed by atoms with E-state index >= 15 is 0 Å². The second-order valence-electron chi connectivity index (χ2n) is 8.85. The first kappa shape index (κ1) is 20.5. The number of nitrogens with zero attached hydrogens (tertiary/aromatic N) is 4. The van der Waals surface area contributed by atoms with Gasteiger partial charge in [-0.25, -0.2) is 0 Å². The molecule has 29 heavy (non-hydrogen) atoms. The standard InChI is InChI=1S/C23H30N4OS/c1-23(2)20(26-12-14-28-15-13-26)21(25-18-6-4-3-5-7-18)27(22(23)29)19-10-8-17(16-24)9-11-19/h8-11,18,20H,3-7,12-15H2,1-2H3/t20-/m0/s1. The maximum atomic E-state index is 9.18. The van der Waals surface area contributed by atoms with E-state index in [0.29, 0.717) is 11.6 Å². The highest BCUT2D eigenvalue weighted by atomic mass is 32.1. The predicted molar refractivity (Wildman–Crippen MR) is 121 cm³/mol. The van der Waals surface area contributed by atoms with Crippen LogP contribution in [0.1, 0.15) is 51.5 Å². The van der Waals surface area contributed by atoms with Crippen LogP contribution in [0.15, 0.2) is 29.3 Å². The van der Waals surface area contributed by atoms with Crippen LogP contribution in [-0.4, -0.2) is 54.1 Å². The van der Waals surface area contributed by atoms with Gasteiger partial charge in [0.05, 0.1) is 41.9 Å². The number of morpholine rings is 1. The summed E-state index contributed by atoms with van der Waals surface area (Å²) in [5.74, 6) is 1.08. The zero-order valence-electron chi connectivity index (χ0n) is 17.4. The molecule has 0 bridgehead atoms. The molecule has 3 aliphatic rings. The number of nitriles is 1. The lowest BCUT2D eigenvalue weighted by atomic mass is 9.85. The Kier molecular flexibility index (Phi) is 6.00. The van der Waals surface area contributed by atoms with Gasteiger partial charge in [-0.2, -0.15) is 5.26 Å². The molecule has 4 rings (SSSR count). The van der Waals surface area contributed by atoms with Gasteiger partial charge in [0.2, 0.25) is 0 Å². The second-order valence-corrected chi connectivity index (χ2v) is 9.24. The minimum absolute atomic E-state index is 0.150. The zero-order chi connectivity index (χ0) is 20.4. The number of hydrogen-bond acceptors (Lipinski definition) is 5. The molecule has 5 nitrogen and oxygen atoms in total. The normalized spacial score (nSPS) is 27.3. The fourth-order valence-corrected chi connectivity index (χ4v) is 5.18. The molecule has 1 atom stereocenters. The summed E-state index contributed by atoms with van der Waals surface area (Å²) in [5.41, 5.74) is 1.47. The van der Waals surface area contributed by atoms with Crippen LogP contribution in [0.5, 0.6) is 0 Å². The van der Waals surface area contributed by atoms with Crippen molar-refractivity contribution >= 4 is 28.7 Å². The first-order chi connectivity index (χ1) is 14.0. The molecule has 1 aromatic rings. The molecule has 2 heterocycles. The second kappa shape index (κ2) is 8.51. The van der Waals surface area contributed by atoms with Gasteiger partial charge in [-0.3, -0.25) is 14.8 Å². The van der Waals surface area contributed by atoms with Crippen LogP contribution < -0.4 is 4.90 Å². The number of ether oxygens (including phenoxy) is 1. The smallest absolute Gasteiger partial charge is 0.127 e. The average Bonchev–Trinajstić information content (AvgIpc) is 2.94. The molecule has 1 aromatic carbocycles. The Hall–Kier alpha value is -1.81. The van der Waals surface area contributed by atoms with E-state index in [1.165, 1.54) is 19.3 Å². The summed E-state index contributed by atoms with van der Waals surface area (Å²) < 4.78 is 5.62. The van der Waals surface area contributed by atoms with Gasteiger partial charge >= 0.3 is 0 Å². The topological polar surface area (TPSA) is 51.9 Å². The summed E-state index contributed by atoms with van der Waals surface area (Å²) in [6, 6.07) is 10.5. The van der Waals surface area contributed by atoms with Crippen LogP contribution >= 0.6 is 12.2 Å². The highest BCUT2D eigenvalue weighted by Gasteiger charge is 2.52. The number of rotatable bonds is 3. The first-order valence-electron chi connectivity index (χ1n) is 10.8. The predicted octanol–water partition coefficient (Wildman–Crippen LogP) is 4.16. The Bertz CT molecular complexity index is 814. The quantitative estimate of drug-likeness (QED) is 0.700. The van der Waals surface area contributed by atoms with Crippen LogP contribution in [0.2, 0.25) is 0 Å². The summed E-state index contributed by atoms with van der Waals surface area (Å²) in [6.45, 7) is 7.81. The largest absolute Gasteiger partial charge is 0.379 e. The van der Waals surface area contributed by atoms with E-state index in [1.54, 1.807) is 0 Å². The molecule has 2 aliphatic heterocycles. The van der Waals surface area contributed by atoms with Gasteiger partial charge in [-0.15, -0.1) is 0 Å². The van der Waals surface area contributed by atoms with Crippen LogP contribution in [-0.2, 0) is 4.74 Å². The third-order valence-corrected chi connectivity index (χ3v) is 7.18. The van der Waals surface area contributed by atoms with E-state index < -0.39 is 0 Å². The molecule has 0 spiro atoms. The highest BCUT2D eigenvalue weighted by molar-refractivity contribution is 7.80. The molecular weight excluding hydrogens is 380 g/mol. The van der Waals surface area contributed by atoms with Crippen LogP contribution in [0.3, 0.4) is 0 Å². The lowest BCUT2D eigenvalue weighted by Crippen LogP contribution is -2.52. The van der Waals surface area contributed by atoms with Crippen molar-refractivity contribution < 1.29 is 4.74 Å². The fourth-order valence-electron chi connectivity index (χ4n) is 4.87. The van der Waals surface area contributed by atoms with Crippen molar-refractivity contribution in [2.75, 3.05) is 31.2 Å². The Balaban J connectivity index is 1.77. The number of anilines is 1. The minimum Gasteiger partial charge on any atom is -0.379 e. The van der Waals surface area contributed by atoms with Gasteiger partial charge < -0.3 is 4.74 Å². The van der Waals surface area contributed by atoms with Crippen LogP contribution in [0, 0.1) is 16.7 Å². The van der Waals surface area contributed by atoms with E-state index in [4.69, 9.17) is 21.9 Å². The number of amidine groups is 1. The van der Waals surface area contributed by atoms with E-state index in [1.807, 2.05) is 24.3 Å². The highest BCUT2D eigenvalue weighted by Crippen LogP contribution is 2.41. The Morgan fingerprint density at radius 2 is 1.76 bits per heavy atom. The molecule has 0 aromatic heterocycles. The summed E-state index contributed by atoms with van der Waals surface area (Å²) in [5, 5.41) is 9.18. The molecule has 154 valence electrons. The SMILES string of the molecule is CC1(C)C(=S)N(c2ccc(C#N)cc2)C(=NC2CCCCC2)[C@@H]1N1CCOCC1. The maximum Gasteiger partial charge on any atom is 0.127 e. The maximum absolute atomic E-state index is 9.18. The Labute approximate surface area is 179 Å². The summed E-state index contributed by atoms with van der Waals surface area (Å²) in [4.78, 5) is 10.9. The molecule has 0 radical (unpaired) electrons. The van der Waals surface area contributed by atoms with Gasteiger partial charge in [0.1, 0.15) is 5.84 Å². The van der Waals surface area contributed by atoms with Crippen LogP contribution in [0.4, 0.5) is 5.69 Å². The molecule has 1 aliphatic carbocycles. The summed E-state index contributed by atoms with van der Waals surface area (Å²) >= 11 is 6.03. The number of benzene rings is 1. The van der Waals surface area contributed by atoms with Gasteiger partial charge in [-0.05, 0) is 37.1 Å². The van der Waals surface area contributed by atoms with E-state index in [0.717, 1.165) is 55.7 Å². The third-order valence-electron chi connectivity index (χ3n) is 6.47. The van der Waals surface area contributed by atoms with Crippen LogP contribution in [0.25, 0.3) is 0 Å². The van der Waals surface area contributed by atoms with Crippen molar-refractivity contribution in [2.45, 2.75) is 58.0 Å². The zero-order valence-corrected chi connectivity index (χ0v) is 18.2. The lowest BCUT2D eigenvalue weighted by Gasteiger charge is -2.38. The van der Waals surface area contributed by atoms with Crippen molar-refractivity contribution in [2.24, 2.45) is 10.4 Å². The van der Waals surface area contributed by atoms with Crippen molar-refractivity contribution in [3.8, 4) is 6.07 Å². The summed E-state index contributed by atoms with van der Waals surface area (Å²) in [6.07, 6.45) is 6.15. The number of aliphatic imine (C=N–C) groups is 1. The van der Waals surface area contributed by atoms with Crippen molar-refractivity contribution in [3.05, 3.63) is 29.8 Å². The molecule has 0 N–H and O–H groups in total. The minimum atomic E-state index is -0.200. The van der Waals surface area contributed by atoms with Crippen molar-refractivity contribution in [1.82, 2.24) is 4.90 Å². The van der Waals surface area contributed by atoms with Crippen molar-refractivity contribution in [1.29, 1.82) is 5.26 Å². The molecule has 0 unspecified atom stereocenters. The fraction of sp³-hybridized carbons (Fsp3) is 0.609. The van der Waals surface area contributed by atoms with Gasteiger partial charge in [0, 0.05) is 24.2 Å². The monoisotopic (exact) mass is 410 g/mol. The third kappa shape index (κ3) is 3.96. The van der Waals surface area contributed by atoms with E-state index in [9.17, 15) is 5.26 Å². The Morgan fingerprint density at radius 3 is 2.38 bits per heavy atom. The van der Waals surface area contributed by atoms with Gasteiger partial charge in [0.15, 0.2) is 0 Å². The molecule has 1 saturated carbocycles. The van der Waals surface area contributed by atoms with Gasteiger partial charge in [-0.1, -0.05) is 45.3 Å². The first-order valence-corrected chi connectivity index (χ1v) is 11.2. The number of hydrogen-bond donors (Lipinski definition) is 0. The van der Waals surface area contributed by atoms with Crippen molar-refractivity contribution in [3.63, 3.8) is 0 Å². The molecular formula is C23H30N4OS. The molecule has 3 fully saturated rings. The molecule has 0 amide bonds. The van der Waals surface area contributed by atoms with Gasteiger partial charge in [0.25, 0.3) is 0 Å². The molecule has 6 heteroatoms. The lowest BCUT2D eigenvalue weighted by molar-refractivity contribution is 0.0172. The van der Waals surface area contributed by atoms with E-state index in [2.05, 4.69) is 29.7 Å². The van der Waals surface area contributed by atoms with E-state index in [-0.39, 0.29) is 11.5 Å². The summed E-state index contributed by atoms with van der Waals surface area (Å²) in [7, 11) is 0. The average molecular weight is 411 g/mol. The Morgan fingerprint density at radius 1 is 1.10 bits per heavy atom. The molecule has 2 saturated heterocycles. The number of thiocarbonyl (C=S) groups is 1.